The average molecular weight is 607 g/mol. The first-order valence-corrected chi connectivity index (χ1v) is 14.1. The number of hydrogen-bond donors (Lipinski definition) is 3. The number of carbonyl (C=O) groups excluding carboxylic acids is 1. The molecule has 208 valence electrons. The summed E-state index contributed by atoms with van der Waals surface area (Å²) in [6, 6.07) is -0.0252. The van der Waals surface area contributed by atoms with Gasteiger partial charge in [0.1, 0.15) is 10.9 Å². The van der Waals surface area contributed by atoms with Crippen LogP contribution in [0, 0.1) is 0 Å². The fraction of sp³-hybridized carbons (Fsp3) is 0.545. The van der Waals surface area contributed by atoms with Gasteiger partial charge in [0.05, 0.1) is 38.9 Å². The molecule has 1 unspecified atom stereocenters. The smallest absolute Gasteiger partial charge is 0.389 e. The van der Waals surface area contributed by atoms with Gasteiger partial charge in [-0.05, 0) is 40.7 Å². The third-order valence-corrected chi connectivity index (χ3v) is 8.47. The number of alkyl halides is 3. The topological polar surface area (TPSA) is 118 Å². The third kappa shape index (κ3) is 8.77. The van der Waals surface area contributed by atoms with Gasteiger partial charge in [0.15, 0.2) is 5.01 Å². The minimum atomic E-state index is -4.80. The summed E-state index contributed by atoms with van der Waals surface area (Å²) in [5.74, 6) is -0.545. The monoisotopic (exact) mass is 605 g/mol. The van der Waals surface area contributed by atoms with Crippen LogP contribution in [-0.4, -0.2) is 61.5 Å². The molecular formula is C22H28Cl2F3N3O5S2. The summed E-state index contributed by atoms with van der Waals surface area (Å²) >= 11 is 13.6. The van der Waals surface area contributed by atoms with E-state index in [1.165, 1.54) is 24.6 Å². The fourth-order valence-corrected chi connectivity index (χ4v) is 6.08. The van der Waals surface area contributed by atoms with Crippen molar-refractivity contribution in [2.24, 2.45) is 0 Å². The summed E-state index contributed by atoms with van der Waals surface area (Å²) in [7, 11) is -4.66. The van der Waals surface area contributed by atoms with E-state index in [9.17, 15) is 31.5 Å². The lowest BCUT2D eigenvalue weighted by Crippen LogP contribution is -2.43. The lowest BCUT2D eigenvalue weighted by atomic mass is 10.1. The fourth-order valence-electron chi connectivity index (χ4n) is 2.87. The van der Waals surface area contributed by atoms with Gasteiger partial charge in [-0.3, -0.25) is 4.79 Å². The number of aliphatic hydroxyl groups is 1. The molecule has 1 heterocycles. The second kappa shape index (κ2) is 12.1. The maximum atomic E-state index is 12.9. The lowest BCUT2D eigenvalue weighted by Gasteiger charge is -2.18. The summed E-state index contributed by atoms with van der Waals surface area (Å²) in [6.07, 6.45) is -4.59. The van der Waals surface area contributed by atoms with E-state index in [2.05, 4.69) is 10.3 Å². The number of nitrogens with zero attached hydrogens (tertiary/aromatic N) is 1. The molecule has 0 saturated heterocycles. The van der Waals surface area contributed by atoms with E-state index in [1.54, 1.807) is 0 Å². The minimum Gasteiger partial charge on any atom is -0.389 e. The second-order valence-corrected chi connectivity index (χ2v) is 12.5. The number of amides is 1. The molecule has 0 saturated carbocycles. The van der Waals surface area contributed by atoms with Crippen LogP contribution in [0.2, 0.25) is 10.0 Å². The molecule has 0 spiro atoms. The van der Waals surface area contributed by atoms with Gasteiger partial charge in [0, 0.05) is 18.5 Å². The highest BCUT2D eigenvalue weighted by molar-refractivity contribution is 7.89. The van der Waals surface area contributed by atoms with E-state index in [0.29, 0.717) is 17.5 Å². The summed E-state index contributed by atoms with van der Waals surface area (Å²) in [4.78, 5) is 16.8. The quantitative estimate of drug-likeness (QED) is 0.338. The van der Waals surface area contributed by atoms with Crippen molar-refractivity contribution in [3.8, 4) is 10.4 Å². The van der Waals surface area contributed by atoms with Crippen molar-refractivity contribution in [2.75, 3.05) is 13.2 Å². The van der Waals surface area contributed by atoms with Crippen molar-refractivity contribution in [1.29, 1.82) is 0 Å². The summed E-state index contributed by atoms with van der Waals surface area (Å²) in [5.41, 5.74) is -0.482. The van der Waals surface area contributed by atoms with Crippen molar-refractivity contribution in [3.05, 3.63) is 32.9 Å². The van der Waals surface area contributed by atoms with Crippen LogP contribution >= 0.6 is 34.5 Å². The number of halogens is 5. The Morgan fingerprint density at radius 3 is 2.35 bits per heavy atom. The van der Waals surface area contributed by atoms with E-state index >= 15 is 0 Å². The average Bonchev–Trinajstić information content (AvgIpc) is 3.15. The number of carbonyl (C=O) groups is 1. The van der Waals surface area contributed by atoms with Gasteiger partial charge >= 0.3 is 6.18 Å². The molecule has 37 heavy (non-hydrogen) atoms. The molecule has 0 bridgehead atoms. The summed E-state index contributed by atoms with van der Waals surface area (Å²) in [6.45, 7) is 7.63. The zero-order valence-electron chi connectivity index (χ0n) is 20.7. The van der Waals surface area contributed by atoms with E-state index in [-0.39, 0.29) is 41.3 Å². The van der Waals surface area contributed by atoms with Crippen molar-refractivity contribution in [1.82, 2.24) is 15.0 Å². The normalized spacial score (nSPS) is 13.7. The van der Waals surface area contributed by atoms with Crippen molar-refractivity contribution < 1.29 is 36.2 Å². The Morgan fingerprint density at radius 1 is 1.19 bits per heavy atom. The molecule has 0 aliphatic heterocycles. The van der Waals surface area contributed by atoms with E-state index in [0.717, 1.165) is 17.4 Å². The Hall–Kier alpha value is -1.48. The van der Waals surface area contributed by atoms with E-state index in [1.807, 2.05) is 13.8 Å². The number of rotatable bonds is 11. The van der Waals surface area contributed by atoms with Gasteiger partial charge < -0.3 is 15.2 Å². The number of sulfonamides is 1. The van der Waals surface area contributed by atoms with E-state index in [4.69, 9.17) is 27.9 Å². The van der Waals surface area contributed by atoms with Crippen molar-refractivity contribution in [2.45, 2.75) is 69.9 Å². The summed E-state index contributed by atoms with van der Waals surface area (Å²) in [5, 5.41) is 11.8. The van der Waals surface area contributed by atoms with Crippen LogP contribution in [0.15, 0.2) is 17.0 Å². The maximum absolute atomic E-state index is 12.9. The molecule has 15 heteroatoms. The van der Waals surface area contributed by atoms with Crippen molar-refractivity contribution >= 4 is 50.5 Å². The highest BCUT2D eigenvalue weighted by Crippen LogP contribution is 2.41. The second-order valence-electron chi connectivity index (χ2n) is 9.08. The van der Waals surface area contributed by atoms with E-state index < -0.39 is 43.7 Å². The number of aromatic nitrogens is 1. The molecule has 0 fully saturated rings. The van der Waals surface area contributed by atoms with Gasteiger partial charge in [0.2, 0.25) is 10.0 Å². The standard InChI is InChI=1S/C22H28Cl2F3N3O5S2/c1-11(2)35-9-8-14-18(36-20(29-14)19(31)28-10-21(4,5)32)13-6-7-15(17(24)16(13)23)37(33,34)30-12(3)22(25,26)27/h6-7,11-12,30,32H,8-10H2,1-5H3,(H,28,31). The highest BCUT2D eigenvalue weighted by Gasteiger charge is 2.39. The third-order valence-electron chi connectivity index (χ3n) is 4.77. The Labute approximate surface area is 227 Å². The van der Waals surface area contributed by atoms with Crippen LogP contribution in [0.4, 0.5) is 13.2 Å². The summed E-state index contributed by atoms with van der Waals surface area (Å²) < 4.78 is 70.9. The highest BCUT2D eigenvalue weighted by atomic mass is 35.5. The largest absolute Gasteiger partial charge is 0.404 e. The zero-order chi connectivity index (χ0) is 28.3. The molecular weight excluding hydrogens is 578 g/mol. The van der Waals surface area contributed by atoms with Gasteiger partial charge in [-0.25, -0.2) is 13.4 Å². The minimum absolute atomic E-state index is 0.0327. The molecule has 0 aliphatic carbocycles. The molecule has 3 N–H and O–H groups in total. The maximum Gasteiger partial charge on any atom is 0.404 e. The van der Waals surface area contributed by atoms with Crippen LogP contribution in [0.5, 0.6) is 0 Å². The molecule has 2 aromatic rings. The zero-order valence-corrected chi connectivity index (χ0v) is 23.8. The number of thiazole rings is 1. The van der Waals surface area contributed by atoms with Crippen LogP contribution in [0.1, 0.15) is 50.1 Å². The molecule has 1 amide bonds. The predicted octanol–water partition coefficient (Wildman–Crippen LogP) is 4.81. The molecule has 0 radical (unpaired) electrons. The molecule has 0 aliphatic rings. The molecule has 1 aromatic heterocycles. The number of benzene rings is 1. The Kier molecular flexibility index (Phi) is 10.4. The van der Waals surface area contributed by atoms with Crippen LogP contribution < -0.4 is 10.0 Å². The van der Waals surface area contributed by atoms with Crippen LogP contribution in [0.3, 0.4) is 0 Å². The molecule has 8 nitrogen and oxygen atoms in total. The predicted molar refractivity (Wildman–Crippen MR) is 137 cm³/mol. The first kappa shape index (κ1) is 31.7. The first-order chi connectivity index (χ1) is 16.8. The lowest BCUT2D eigenvalue weighted by molar-refractivity contribution is -0.147. The van der Waals surface area contributed by atoms with Crippen LogP contribution in [-0.2, 0) is 21.2 Å². The van der Waals surface area contributed by atoms with Gasteiger partial charge in [-0.1, -0.05) is 29.3 Å². The van der Waals surface area contributed by atoms with Gasteiger partial charge in [0.25, 0.3) is 5.91 Å². The Bertz CT molecular complexity index is 1230. The van der Waals surface area contributed by atoms with Crippen molar-refractivity contribution in [3.63, 3.8) is 0 Å². The SMILES string of the molecule is CC(C)OCCc1nc(C(=O)NCC(C)(C)O)sc1-c1ccc(S(=O)(=O)NC(C)C(F)(F)F)c(Cl)c1Cl. The Balaban J connectivity index is 2.49. The molecule has 1 atom stereocenters. The number of hydrogen-bond acceptors (Lipinski definition) is 7. The number of nitrogens with one attached hydrogen (secondary N) is 2. The molecule has 1 aromatic carbocycles. The van der Waals surface area contributed by atoms with Crippen LogP contribution in [0.25, 0.3) is 10.4 Å². The van der Waals surface area contributed by atoms with Gasteiger partial charge in [-0.15, -0.1) is 11.3 Å². The molecule has 2 rings (SSSR count). The number of ether oxygens (including phenoxy) is 1. The van der Waals surface area contributed by atoms with Gasteiger partial charge in [-0.2, -0.15) is 17.9 Å². The first-order valence-electron chi connectivity index (χ1n) is 11.0. The Morgan fingerprint density at radius 2 is 1.81 bits per heavy atom.